The molecule has 1 atom stereocenters. The highest BCUT2D eigenvalue weighted by atomic mass is 16.5. The van der Waals surface area contributed by atoms with Gasteiger partial charge in [0.2, 0.25) is 5.91 Å². The quantitative estimate of drug-likeness (QED) is 0.651. The number of carbonyl (C=O) groups excluding carboxylic acids is 1. The fourth-order valence-corrected chi connectivity index (χ4v) is 1.98. The number of amides is 1. The van der Waals surface area contributed by atoms with Crippen molar-refractivity contribution < 1.29 is 14.6 Å². The van der Waals surface area contributed by atoms with Crippen molar-refractivity contribution in [3.63, 3.8) is 0 Å². The zero-order valence-corrected chi connectivity index (χ0v) is 9.95. The van der Waals surface area contributed by atoms with Gasteiger partial charge in [-0.25, -0.2) is 0 Å². The van der Waals surface area contributed by atoms with Gasteiger partial charge < -0.3 is 15.2 Å². The Bertz CT molecular complexity index is 209. The summed E-state index contributed by atoms with van der Waals surface area (Å²) >= 11 is 0. The highest BCUT2D eigenvalue weighted by Gasteiger charge is 2.21. The van der Waals surface area contributed by atoms with E-state index in [0.29, 0.717) is 13.1 Å². The topological polar surface area (TPSA) is 61.8 Å². The van der Waals surface area contributed by atoms with Gasteiger partial charge >= 0.3 is 0 Å². The molecule has 0 aromatic carbocycles. The summed E-state index contributed by atoms with van der Waals surface area (Å²) in [4.78, 5) is 13.5. The van der Waals surface area contributed by atoms with Gasteiger partial charge in [-0.1, -0.05) is 0 Å². The Kier molecular flexibility index (Phi) is 6.37. The average Bonchev–Trinajstić information content (AvgIpc) is 2.27. The van der Waals surface area contributed by atoms with Gasteiger partial charge in [0.1, 0.15) is 0 Å². The van der Waals surface area contributed by atoms with Gasteiger partial charge in [0.05, 0.1) is 19.3 Å². The van der Waals surface area contributed by atoms with Crippen LogP contribution in [0.5, 0.6) is 0 Å². The first-order valence-corrected chi connectivity index (χ1v) is 5.97. The molecule has 0 radical (unpaired) electrons. The van der Waals surface area contributed by atoms with Crippen LogP contribution in [0.15, 0.2) is 0 Å². The monoisotopic (exact) mass is 230 g/mol. The van der Waals surface area contributed by atoms with Crippen molar-refractivity contribution in [3.8, 4) is 0 Å². The van der Waals surface area contributed by atoms with Crippen molar-refractivity contribution in [2.75, 3.05) is 39.4 Å². The van der Waals surface area contributed by atoms with Gasteiger partial charge in [0.25, 0.3) is 0 Å². The number of nitrogens with zero attached hydrogens (tertiary/aromatic N) is 1. The van der Waals surface area contributed by atoms with Crippen LogP contribution in [0, 0.1) is 0 Å². The third kappa shape index (κ3) is 4.92. The Morgan fingerprint density at radius 2 is 2.44 bits per heavy atom. The van der Waals surface area contributed by atoms with E-state index in [0.717, 1.165) is 32.5 Å². The maximum absolute atomic E-state index is 11.4. The first-order valence-electron chi connectivity index (χ1n) is 5.97. The molecule has 5 heteroatoms. The number of nitrogens with one attached hydrogen (secondary N) is 1. The van der Waals surface area contributed by atoms with Crippen LogP contribution in [-0.4, -0.2) is 61.4 Å². The highest BCUT2D eigenvalue weighted by molar-refractivity contribution is 5.77. The van der Waals surface area contributed by atoms with Crippen LogP contribution in [0.1, 0.15) is 19.8 Å². The summed E-state index contributed by atoms with van der Waals surface area (Å²) in [5, 5.41) is 11.2. The van der Waals surface area contributed by atoms with Gasteiger partial charge in [-0.15, -0.1) is 0 Å². The number of aliphatic hydroxyl groups excluding tert-OH is 1. The average molecular weight is 230 g/mol. The molecule has 0 aromatic heterocycles. The molecular weight excluding hydrogens is 208 g/mol. The fourth-order valence-electron chi connectivity index (χ4n) is 1.98. The third-order valence-electron chi connectivity index (χ3n) is 2.67. The van der Waals surface area contributed by atoms with Gasteiger partial charge in [0.15, 0.2) is 0 Å². The maximum atomic E-state index is 11.4. The van der Waals surface area contributed by atoms with E-state index < -0.39 is 0 Å². The molecule has 1 heterocycles. The van der Waals surface area contributed by atoms with Crippen LogP contribution in [0.2, 0.25) is 0 Å². The van der Waals surface area contributed by atoms with E-state index in [2.05, 4.69) is 10.2 Å². The van der Waals surface area contributed by atoms with E-state index in [1.54, 1.807) is 0 Å². The van der Waals surface area contributed by atoms with Crippen LogP contribution < -0.4 is 5.32 Å². The molecule has 94 valence electrons. The Hall–Kier alpha value is -0.650. The van der Waals surface area contributed by atoms with Gasteiger partial charge in [-0.3, -0.25) is 9.69 Å². The fraction of sp³-hybridized carbons (Fsp3) is 0.909. The third-order valence-corrected chi connectivity index (χ3v) is 2.67. The minimum atomic E-state index is -0.0220. The van der Waals surface area contributed by atoms with Gasteiger partial charge in [-0.2, -0.15) is 0 Å². The van der Waals surface area contributed by atoms with Crippen LogP contribution >= 0.6 is 0 Å². The number of ether oxygens (including phenoxy) is 1. The van der Waals surface area contributed by atoms with E-state index in [9.17, 15) is 4.79 Å². The molecule has 1 saturated heterocycles. The lowest BCUT2D eigenvalue weighted by Crippen LogP contribution is -2.45. The normalized spacial score (nSPS) is 22.0. The smallest absolute Gasteiger partial charge is 0.234 e. The Morgan fingerprint density at radius 3 is 3.12 bits per heavy atom. The first kappa shape index (κ1) is 13.4. The number of aliphatic hydroxyl groups is 1. The van der Waals surface area contributed by atoms with Crippen molar-refractivity contribution >= 4 is 5.91 Å². The molecule has 0 saturated carbocycles. The van der Waals surface area contributed by atoms with E-state index in [-0.39, 0.29) is 18.6 Å². The molecule has 1 unspecified atom stereocenters. The van der Waals surface area contributed by atoms with Crippen molar-refractivity contribution in [2.45, 2.75) is 25.9 Å². The lowest BCUT2D eigenvalue weighted by molar-refractivity contribution is -0.123. The number of carbonyl (C=O) groups is 1. The Labute approximate surface area is 96.8 Å². The van der Waals surface area contributed by atoms with Crippen LogP contribution in [0.4, 0.5) is 0 Å². The van der Waals surface area contributed by atoms with E-state index in [1.165, 1.54) is 0 Å². The zero-order chi connectivity index (χ0) is 11.8. The standard InChI is InChI=1S/C11H22N2O3/c1-2-16-10-4-3-6-13(8-10)9-11(15)12-5-7-14/h10,14H,2-9H2,1H3,(H,12,15). The molecule has 1 aliphatic heterocycles. The minimum absolute atomic E-state index is 0.00664. The van der Waals surface area contributed by atoms with Crippen molar-refractivity contribution in [1.29, 1.82) is 0 Å². The van der Waals surface area contributed by atoms with Crippen LogP contribution in [-0.2, 0) is 9.53 Å². The first-order chi connectivity index (χ1) is 7.76. The number of rotatable bonds is 6. The molecule has 5 nitrogen and oxygen atoms in total. The summed E-state index contributed by atoms with van der Waals surface area (Å²) in [6.45, 7) is 5.25. The summed E-state index contributed by atoms with van der Waals surface area (Å²) < 4.78 is 5.56. The summed E-state index contributed by atoms with van der Waals surface area (Å²) in [5.74, 6) is -0.0220. The van der Waals surface area contributed by atoms with Crippen LogP contribution in [0.3, 0.4) is 0 Å². The summed E-state index contributed by atoms with van der Waals surface area (Å²) in [6.07, 6.45) is 2.44. The number of piperidine rings is 1. The largest absolute Gasteiger partial charge is 0.395 e. The summed E-state index contributed by atoms with van der Waals surface area (Å²) in [6, 6.07) is 0. The Morgan fingerprint density at radius 1 is 1.62 bits per heavy atom. The molecule has 16 heavy (non-hydrogen) atoms. The predicted molar refractivity (Wildman–Crippen MR) is 61.2 cm³/mol. The van der Waals surface area contributed by atoms with E-state index in [4.69, 9.17) is 9.84 Å². The van der Waals surface area contributed by atoms with Gasteiger partial charge in [-0.05, 0) is 26.3 Å². The predicted octanol–water partition coefficient (Wildman–Crippen LogP) is -0.404. The van der Waals surface area contributed by atoms with E-state index >= 15 is 0 Å². The number of hydrogen-bond acceptors (Lipinski definition) is 4. The minimum Gasteiger partial charge on any atom is -0.395 e. The second-order valence-corrected chi connectivity index (χ2v) is 4.03. The second kappa shape index (κ2) is 7.60. The van der Waals surface area contributed by atoms with Crippen molar-refractivity contribution in [2.24, 2.45) is 0 Å². The lowest BCUT2D eigenvalue weighted by atomic mass is 10.1. The summed E-state index contributed by atoms with van der Waals surface area (Å²) in [7, 11) is 0. The molecule has 0 aliphatic carbocycles. The van der Waals surface area contributed by atoms with Gasteiger partial charge in [0, 0.05) is 19.7 Å². The zero-order valence-electron chi connectivity index (χ0n) is 9.95. The molecule has 0 aromatic rings. The highest BCUT2D eigenvalue weighted by Crippen LogP contribution is 2.12. The van der Waals surface area contributed by atoms with E-state index in [1.807, 2.05) is 6.92 Å². The molecule has 0 spiro atoms. The molecule has 1 amide bonds. The molecule has 1 rings (SSSR count). The molecular formula is C11H22N2O3. The molecule has 0 bridgehead atoms. The molecule has 1 fully saturated rings. The SMILES string of the molecule is CCOC1CCCN(CC(=O)NCCO)C1. The Balaban J connectivity index is 2.22. The number of likely N-dealkylation sites (tertiary alicyclic amines) is 1. The summed E-state index contributed by atoms with van der Waals surface area (Å²) in [5.41, 5.74) is 0. The molecule has 2 N–H and O–H groups in total. The van der Waals surface area contributed by atoms with Crippen molar-refractivity contribution in [1.82, 2.24) is 10.2 Å². The van der Waals surface area contributed by atoms with Crippen molar-refractivity contribution in [3.05, 3.63) is 0 Å². The lowest BCUT2D eigenvalue weighted by Gasteiger charge is -2.31. The molecule has 1 aliphatic rings. The second-order valence-electron chi connectivity index (χ2n) is 4.03. The maximum Gasteiger partial charge on any atom is 0.234 e. The van der Waals surface area contributed by atoms with Crippen LogP contribution in [0.25, 0.3) is 0 Å². The number of hydrogen-bond donors (Lipinski definition) is 2.